The van der Waals surface area contributed by atoms with E-state index in [9.17, 15) is 9.18 Å². The molecule has 1 aromatic carbocycles. The Morgan fingerprint density at radius 2 is 2.20 bits per heavy atom. The lowest BCUT2D eigenvalue weighted by Gasteiger charge is -2.27. The van der Waals surface area contributed by atoms with Gasteiger partial charge < -0.3 is 10.1 Å². The van der Waals surface area contributed by atoms with E-state index in [4.69, 9.17) is 4.74 Å². The Bertz CT molecular complexity index is 760. The van der Waals surface area contributed by atoms with Crippen LogP contribution < -0.4 is 5.32 Å². The van der Waals surface area contributed by atoms with Crippen LogP contribution in [0.3, 0.4) is 0 Å². The van der Waals surface area contributed by atoms with Crippen molar-refractivity contribution in [2.45, 2.75) is 33.1 Å². The normalized spacial score (nSPS) is 14.4. The summed E-state index contributed by atoms with van der Waals surface area (Å²) in [6.07, 6.45) is 0. The second-order valence-electron chi connectivity index (χ2n) is 6.37. The van der Waals surface area contributed by atoms with E-state index in [2.05, 4.69) is 15.3 Å². The minimum Gasteiger partial charge on any atom is -0.375 e. The quantitative estimate of drug-likeness (QED) is 0.863. The van der Waals surface area contributed by atoms with Gasteiger partial charge in [-0.15, -0.1) is 0 Å². The molecule has 1 amide bonds. The fourth-order valence-corrected chi connectivity index (χ4v) is 3.04. The van der Waals surface area contributed by atoms with Gasteiger partial charge in [-0.05, 0) is 19.1 Å². The molecule has 1 aliphatic heterocycles. The summed E-state index contributed by atoms with van der Waals surface area (Å²) in [5.41, 5.74) is 3.69. The highest BCUT2D eigenvalue weighted by Gasteiger charge is 2.19. The maximum atomic E-state index is 14.0. The molecule has 3 rings (SSSR count). The molecular weight excluding hydrogens is 323 g/mol. The van der Waals surface area contributed by atoms with Crippen LogP contribution >= 0.6 is 0 Å². The summed E-state index contributed by atoms with van der Waals surface area (Å²) in [6.45, 7) is 5.27. The number of rotatable bonds is 6. The summed E-state index contributed by atoms with van der Waals surface area (Å²) < 4.78 is 20.7. The van der Waals surface area contributed by atoms with Crippen LogP contribution in [0.15, 0.2) is 24.3 Å². The second kappa shape index (κ2) is 7.76. The van der Waals surface area contributed by atoms with Gasteiger partial charge in [0.15, 0.2) is 0 Å². The number of carbonyl (C=O) groups is 1. The number of ether oxygens (including phenoxy) is 1. The first-order valence-electron chi connectivity index (χ1n) is 8.34. The number of aryl methyl sites for hydroxylation is 1. The average molecular weight is 346 g/mol. The molecule has 134 valence electrons. The van der Waals surface area contributed by atoms with E-state index >= 15 is 0 Å². The molecule has 0 atom stereocenters. The van der Waals surface area contributed by atoms with Crippen LogP contribution in [0.2, 0.25) is 0 Å². The molecule has 0 spiro atoms. The number of methoxy groups -OCH3 is 1. The molecule has 0 bridgehead atoms. The number of nitrogens with one attached hydrogen (secondary N) is 1. The average Bonchev–Trinajstić information content (AvgIpc) is 2.99. The van der Waals surface area contributed by atoms with Gasteiger partial charge in [-0.1, -0.05) is 17.7 Å². The first-order chi connectivity index (χ1) is 12.0. The van der Waals surface area contributed by atoms with E-state index in [0.29, 0.717) is 19.6 Å². The van der Waals surface area contributed by atoms with E-state index in [1.807, 2.05) is 23.7 Å². The topological polar surface area (TPSA) is 59.4 Å². The third-order valence-corrected chi connectivity index (χ3v) is 4.26. The summed E-state index contributed by atoms with van der Waals surface area (Å²) in [4.78, 5) is 13.7. The van der Waals surface area contributed by atoms with Crippen molar-refractivity contribution in [3.63, 3.8) is 0 Å². The minimum absolute atomic E-state index is 0.0450. The molecule has 0 saturated heterocycles. The van der Waals surface area contributed by atoms with Gasteiger partial charge in [-0.2, -0.15) is 5.10 Å². The van der Waals surface area contributed by atoms with E-state index in [1.54, 1.807) is 6.07 Å². The second-order valence-corrected chi connectivity index (χ2v) is 6.37. The van der Waals surface area contributed by atoms with Gasteiger partial charge in [0.25, 0.3) is 0 Å². The van der Waals surface area contributed by atoms with E-state index in [0.717, 1.165) is 35.6 Å². The summed E-state index contributed by atoms with van der Waals surface area (Å²) in [6, 6.07) is 7.21. The first kappa shape index (κ1) is 17.6. The SMILES string of the molecule is COCC(=O)NCc1cc2n(n1)CCN(Cc1cc(C)ccc1F)C2. The number of carbonyl (C=O) groups excluding carboxylic acids is 1. The first-order valence-corrected chi connectivity index (χ1v) is 8.34. The number of amides is 1. The fourth-order valence-electron chi connectivity index (χ4n) is 3.04. The molecule has 0 unspecified atom stereocenters. The molecule has 0 saturated carbocycles. The molecule has 7 heteroatoms. The van der Waals surface area contributed by atoms with Gasteiger partial charge in [-0.3, -0.25) is 14.4 Å². The number of fused-ring (bicyclic) bond motifs is 1. The molecule has 0 fully saturated rings. The van der Waals surface area contributed by atoms with E-state index in [-0.39, 0.29) is 18.3 Å². The highest BCUT2D eigenvalue weighted by molar-refractivity contribution is 5.77. The zero-order chi connectivity index (χ0) is 17.8. The molecule has 1 N–H and O–H groups in total. The van der Waals surface area contributed by atoms with Gasteiger partial charge >= 0.3 is 0 Å². The molecular formula is C18H23FN4O2. The number of benzene rings is 1. The summed E-state index contributed by atoms with van der Waals surface area (Å²) >= 11 is 0. The van der Waals surface area contributed by atoms with Crippen LogP contribution in [-0.4, -0.2) is 40.8 Å². The van der Waals surface area contributed by atoms with E-state index < -0.39 is 0 Å². The number of aromatic nitrogens is 2. The van der Waals surface area contributed by atoms with Crippen LogP contribution in [0.25, 0.3) is 0 Å². The van der Waals surface area contributed by atoms with Gasteiger partial charge in [0.05, 0.1) is 24.5 Å². The lowest BCUT2D eigenvalue weighted by Crippen LogP contribution is -2.33. The van der Waals surface area contributed by atoms with Crippen LogP contribution in [0.4, 0.5) is 4.39 Å². The molecule has 2 heterocycles. The predicted octanol–water partition coefficient (Wildman–Crippen LogP) is 1.61. The molecule has 1 aromatic heterocycles. The molecule has 2 aromatic rings. The lowest BCUT2D eigenvalue weighted by molar-refractivity contribution is -0.124. The maximum absolute atomic E-state index is 14.0. The predicted molar refractivity (Wildman–Crippen MR) is 91.2 cm³/mol. The van der Waals surface area contributed by atoms with Gasteiger partial charge in [0.2, 0.25) is 5.91 Å². The highest BCUT2D eigenvalue weighted by atomic mass is 19.1. The Hall–Kier alpha value is -2.25. The van der Waals surface area contributed by atoms with Crippen molar-refractivity contribution in [1.82, 2.24) is 20.0 Å². The van der Waals surface area contributed by atoms with Crippen molar-refractivity contribution in [3.05, 3.63) is 52.6 Å². The van der Waals surface area contributed by atoms with Gasteiger partial charge in [0, 0.05) is 32.3 Å². The molecule has 25 heavy (non-hydrogen) atoms. The van der Waals surface area contributed by atoms with Crippen molar-refractivity contribution < 1.29 is 13.9 Å². The largest absolute Gasteiger partial charge is 0.375 e. The van der Waals surface area contributed by atoms with Gasteiger partial charge in [-0.25, -0.2) is 4.39 Å². The summed E-state index contributed by atoms with van der Waals surface area (Å²) in [5.74, 6) is -0.323. The highest BCUT2D eigenvalue weighted by Crippen LogP contribution is 2.18. The zero-order valence-corrected chi connectivity index (χ0v) is 14.6. The molecule has 0 aliphatic carbocycles. The van der Waals surface area contributed by atoms with Crippen LogP contribution in [0.1, 0.15) is 22.5 Å². The monoisotopic (exact) mass is 346 g/mol. The fraction of sp³-hybridized carbons (Fsp3) is 0.444. The number of halogens is 1. The van der Waals surface area contributed by atoms with Crippen molar-refractivity contribution in [2.24, 2.45) is 0 Å². The third kappa shape index (κ3) is 4.43. The Labute approximate surface area is 146 Å². The standard InChI is InChI=1S/C18H23FN4O2/c1-13-3-4-17(19)14(7-13)10-22-5-6-23-16(11-22)8-15(21-23)9-20-18(24)12-25-2/h3-4,7-8H,5-6,9-12H2,1-2H3,(H,20,24). The Balaban J connectivity index is 1.61. The molecule has 6 nitrogen and oxygen atoms in total. The van der Waals surface area contributed by atoms with Crippen molar-refractivity contribution in [3.8, 4) is 0 Å². The van der Waals surface area contributed by atoms with Crippen molar-refractivity contribution in [1.29, 1.82) is 0 Å². The summed E-state index contributed by atoms with van der Waals surface area (Å²) in [7, 11) is 1.49. The third-order valence-electron chi connectivity index (χ3n) is 4.26. The van der Waals surface area contributed by atoms with Crippen LogP contribution in [0, 0.1) is 12.7 Å². The molecule has 0 radical (unpaired) electrons. The molecule has 1 aliphatic rings. The maximum Gasteiger partial charge on any atom is 0.246 e. The number of hydrogen-bond donors (Lipinski definition) is 1. The van der Waals surface area contributed by atoms with Crippen LogP contribution in [0.5, 0.6) is 0 Å². The zero-order valence-electron chi connectivity index (χ0n) is 14.6. The number of nitrogens with zero attached hydrogens (tertiary/aromatic N) is 3. The Morgan fingerprint density at radius 3 is 3.00 bits per heavy atom. The van der Waals surface area contributed by atoms with E-state index in [1.165, 1.54) is 13.2 Å². The minimum atomic E-state index is -0.162. The van der Waals surface area contributed by atoms with Crippen molar-refractivity contribution >= 4 is 5.91 Å². The van der Waals surface area contributed by atoms with Gasteiger partial charge in [0.1, 0.15) is 12.4 Å². The smallest absolute Gasteiger partial charge is 0.246 e. The van der Waals surface area contributed by atoms with Crippen LogP contribution in [-0.2, 0) is 35.7 Å². The number of hydrogen-bond acceptors (Lipinski definition) is 4. The Kier molecular flexibility index (Phi) is 5.45. The lowest BCUT2D eigenvalue weighted by atomic mass is 10.1. The Morgan fingerprint density at radius 1 is 1.36 bits per heavy atom. The van der Waals surface area contributed by atoms with Crippen molar-refractivity contribution in [2.75, 3.05) is 20.3 Å². The summed E-state index contributed by atoms with van der Waals surface area (Å²) in [5, 5.41) is 7.29.